The second kappa shape index (κ2) is 10.9. The van der Waals surface area contributed by atoms with Crippen molar-refractivity contribution >= 4 is 43.6 Å². The summed E-state index contributed by atoms with van der Waals surface area (Å²) in [6, 6.07) is 58.9. The summed E-state index contributed by atoms with van der Waals surface area (Å²) in [5, 5.41) is 24.9. The molecule has 0 aliphatic carbocycles. The molecule has 2 aromatic heterocycles. The number of fused-ring (bicyclic) bond motifs is 6. The predicted molar refractivity (Wildman–Crippen MR) is 195 cm³/mol. The van der Waals surface area contributed by atoms with Crippen molar-refractivity contribution in [1.82, 2.24) is 9.13 Å². The SMILES string of the molecule is N#Cc1cc(-c2cccc(-n3c4ccccc4c4ccccc43)c2)cc(-c2ccc(C#N)cc2-n2c3ccccc3c3ccccc32)c1. The van der Waals surface area contributed by atoms with Crippen LogP contribution in [0.25, 0.3) is 77.2 Å². The Morgan fingerprint density at radius 1 is 0.375 bits per heavy atom. The Balaban J connectivity index is 1.26. The van der Waals surface area contributed by atoms with Crippen LogP contribution in [0, 0.1) is 22.7 Å². The van der Waals surface area contributed by atoms with Gasteiger partial charge >= 0.3 is 0 Å². The van der Waals surface area contributed by atoms with E-state index in [0.717, 1.165) is 66.5 Å². The number of aromatic nitrogens is 2. The fourth-order valence-electron chi connectivity index (χ4n) is 7.25. The molecule has 0 saturated carbocycles. The predicted octanol–water partition coefficient (Wildman–Crippen LogP) is 11.0. The smallest absolute Gasteiger partial charge is 0.0992 e. The molecule has 0 saturated heterocycles. The Labute approximate surface area is 277 Å². The first-order valence-corrected chi connectivity index (χ1v) is 15.9. The zero-order valence-corrected chi connectivity index (χ0v) is 25.8. The standard InChI is InChI=1S/C44H26N4/c45-27-29-20-21-35(44(24-29)48-42-18-7-3-14-38(42)39-15-4-8-19-43(39)48)33-23-30(28-46)22-32(25-33)31-10-9-11-34(26-31)47-40-16-5-1-12-36(40)37-13-2-6-17-41(37)47/h1-26H. The average molecular weight is 611 g/mol. The van der Waals surface area contributed by atoms with Gasteiger partial charge in [-0.2, -0.15) is 10.5 Å². The fourth-order valence-corrected chi connectivity index (χ4v) is 7.25. The Kier molecular flexibility index (Phi) is 6.22. The molecular formula is C44H26N4. The molecule has 2 heterocycles. The van der Waals surface area contributed by atoms with Crippen LogP contribution in [0.2, 0.25) is 0 Å². The number of nitrogens with zero attached hydrogens (tertiary/aromatic N) is 4. The summed E-state index contributed by atoms with van der Waals surface area (Å²) in [4.78, 5) is 0. The molecule has 0 fully saturated rings. The van der Waals surface area contributed by atoms with E-state index in [1.807, 2.05) is 42.5 Å². The first kappa shape index (κ1) is 27.4. The van der Waals surface area contributed by atoms with Gasteiger partial charge < -0.3 is 9.13 Å². The normalized spacial score (nSPS) is 11.3. The Morgan fingerprint density at radius 3 is 1.46 bits per heavy atom. The summed E-state index contributed by atoms with van der Waals surface area (Å²) in [5.74, 6) is 0. The van der Waals surface area contributed by atoms with E-state index in [0.29, 0.717) is 11.1 Å². The number of rotatable bonds is 4. The van der Waals surface area contributed by atoms with Gasteiger partial charge in [0.15, 0.2) is 0 Å². The minimum Gasteiger partial charge on any atom is -0.309 e. The second-order valence-electron chi connectivity index (χ2n) is 12.0. The highest BCUT2D eigenvalue weighted by Gasteiger charge is 2.18. The van der Waals surface area contributed by atoms with Gasteiger partial charge in [0.2, 0.25) is 0 Å². The molecule has 4 heteroatoms. The van der Waals surface area contributed by atoms with Gasteiger partial charge in [0, 0.05) is 32.8 Å². The number of para-hydroxylation sites is 4. The highest BCUT2D eigenvalue weighted by Crippen LogP contribution is 2.39. The number of hydrogen-bond donors (Lipinski definition) is 0. The van der Waals surface area contributed by atoms with Crippen molar-refractivity contribution < 1.29 is 0 Å². The first-order valence-electron chi connectivity index (χ1n) is 15.9. The van der Waals surface area contributed by atoms with Crippen LogP contribution in [0.4, 0.5) is 0 Å². The summed E-state index contributed by atoms with van der Waals surface area (Å²) in [6.07, 6.45) is 0. The van der Waals surface area contributed by atoms with Gasteiger partial charge in [0.05, 0.1) is 51.0 Å². The molecular weight excluding hydrogens is 585 g/mol. The molecule has 4 nitrogen and oxygen atoms in total. The van der Waals surface area contributed by atoms with E-state index in [4.69, 9.17) is 0 Å². The van der Waals surface area contributed by atoms with Gasteiger partial charge in [0.1, 0.15) is 0 Å². The van der Waals surface area contributed by atoms with Crippen LogP contribution in [-0.2, 0) is 0 Å². The molecule has 0 bridgehead atoms. The zero-order valence-electron chi connectivity index (χ0n) is 25.8. The minimum absolute atomic E-state index is 0.572. The third-order valence-corrected chi connectivity index (χ3v) is 9.34. The molecule has 0 unspecified atom stereocenters. The van der Waals surface area contributed by atoms with E-state index in [9.17, 15) is 10.5 Å². The maximum atomic E-state index is 10.2. The molecule has 0 N–H and O–H groups in total. The van der Waals surface area contributed by atoms with Crippen LogP contribution in [-0.4, -0.2) is 9.13 Å². The molecule has 0 atom stereocenters. The van der Waals surface area contributed by atoms with Gasteiger partial charge in [0.25, 0.3) is 0 Å². The van der Waals surface area contributed by atoms with Crippen LogP contribution in [0.1, 0.15) is 11.1 Å². The maximum absolute atomic E-state index is 10.2. The van der Waals surface area contributed by atoms with E-state index in [1.165, 1.54) is 10.8 Å². The molecule has 222 valence electrons. The molecule has 9 rings (SSSR count). The van der Waals surface area contributed by atoms with Crippen molar-refractivity contribution in [3.05, 3.63) is 169 Å². The summed E-state index contributed by atoms with van der Waals surface area (Å²) in [5.41, 5.74) is 11.3. The average Bonchev–Trinajstić information content (AvgIpc) is 3.67. The quantitative estimate of drug-likeness (QED) is 0.199. The second-order valence-corrected chi connectivity index (χ2v) is 12.0. The number of benzene rings is 7. The van der Waals surface area contributed by atoms with Gasteiger partial charge in [-0.05, 0) is 83.4 Å². The number of nitriles is 2. The van der Waals surface area contributed by atoms with Crippen molar-refractivity contribution in [3.8, 4) is 45.8 Å². The van der Waals surface area contributed by atoms with E-state index in [1.54, 1.807) is 0 Å². The van der Waals surface area contributed by atoms with Crippen LogP contribution in [0.3, 0.4) is 0 Å². The van der Waals surface area contributed by atoms with Gasteiger partial charge in [-0.1, -0.05) is 91.0 Å². The summed E-state index contributed by atoms with van der Waals surface area (Å²) in [6.45, 7) is 0. The molecule has 9 aromatic rings. The van der Waals surface area contributed by atoms with Crippen LogP contribution in [0.5, 0.6) is 0 Å². The van der Waals surface area contributed by atoms with E-state index in [2.05, 4.69) is 137 Å². The fraction of sp³-hybridized carbons (Fsp3) is 0. The van der Waals surface area contributed by atoms with Crippen molar-refractivity contribution in [3.63, 3.8) is 0 Å². The topological polar surface area (TPSA) is 57.4 Å². The van der Waals surface area contributed by atoms with Crippen molar-refractivity contribution in [1.29, 1.82) is 10.5 Å². The van der Waals surface area contributed by atoms with Gasteiger partial charge in [-0.25, -0.2) is 0 Å². The molecule has 7 aromatic carbocycles. The van der Waals surface area contributed by atoms with Crippen molar-refractivity contribution in [2.75, 3.05) is 0 Å². The van der Waals surface area contributed by atoms with Gasteiger partial charge in [-0.3, -0.25) is 0 Å². The van der Waals surface area contributed by atoms with Gasteiger partial charge in [-0.15, -0.1) is 0 Å². The van der Waals surface area contributed by atoms with Crippen LogP contribution < -0.4 is 0 Å². The Hall–Kier alpha value is -6.88. The molecule has 0 aliphatic heterocycles. The summed E-state index contributed by atoms with van der Waals surface area (Å²) >= 11 is 0. The molecule has 0 spiro atoms. The number of hydrogen-bond acceptors (Lipinski definition) is 2. The minimum atomic E-state index is 0.572. The summed E-state index contributed by atoms with van der Waals surface area (Å²) < 4.78 is 4.55. The lowest BCUT2D eigenvalue weighted by atomic mass is 9.94. The highest BCUT2D eigenvalue weighted by molar-refractivity contribution is 6.10. The molecule has 0 amide bonds. The van der Waals surface area contributed by atoms with Crippen LogP contribution >= 0.6 is 0 Å². The Bertz CT molecular complexity index is 2710. The van der Waals surface area contributed by atoms with Crippen molar-refractivity contribution in [2.24, 2.45) is 0 Å². The third kappa shape index (κ3) is 4.22. The lowest BCUT2D eigenvalue weighted by Crippen LogP contribution is -1.99. The largest absolute Gasteiger partial charge is 0.309 e. The van der Waals surface area contributed by atoms with E-state index >= 15 is 0 Å². The van der Waals surface area contributed by atoms with E-state index in [-0.39, 0.29) is 0 Å². The monoisotopic (exact) mass is 610 g/mol. The maximum Gasteiger partial charge on any atom is 0.0992 e. The molecule has 0 aliphatic rings. The zero-order chi connectivity index (χ0) is 32.2. The molecule has 48 heavy (non-hydrogen) atoms. The summed E-state index contributed by atoms with van der Waals surface area (Å²) in [7, 11) is 0. The molecule has 0 radical (unpaired) electrons. The van der Waals surface area contributed by atoms with Crippen LogP contribution in [0.15, 0.2) is 158 Å². The Morgan fingerprint density at radius 2 is 0.896 bits per heavy atom. The van der Waals surface area contributed by atoms with E-state index < -0.39 is 0 Å². The third-order valence-electron chi connectivity index (χ3n) is 9.34. The first-order chi connectivity index (χ1) is 23.7. The van der Waals surface area contributed by atoms with Crippen molar-refractivity contribution in [2.45, 2.75) is 0 Å². The lowest BCUT2D eigenvalue weighted by molar-refractivity contribution is 1.18. The lowest BCUT2D eigenvalue weighted by Gasteiger charge is -2.16. The highest BCUT2D eigenvalue weighted by atomic mass is 15.0.